The molecule has 0 aliphatic rings. The lowest BCUT2D eigenvalue weighted by Crippen LogP contribution is -2.31. The first-order valence-electron chi connectivity index (χ1n) is 5.94. The Labute approximate surface area is 122 Å². The van der Waals surface area contributed by atoms with E-state index in [4.69, 9.17) is 4.52 Å². The highest BCUT2D eigenvalue weighted by Gasteiger charge is 2.14. The third kappa shape index (κ3) is 3.13. The van der Waals surface area contributed by atoms with Gasteiger partial charge >= 0.3 is 0 Å². The highest BCUT2D eigenvalue weighted by Crippen LogP contribution is 2.08. The van der Waals surface area contributed by atoms with Gasteiger partial charge in [-0.05, 0) is 29.8 Å². The Morgan fingerprint density at radius 1 is 1.50 bits per heavy atom. The molecule has 0 fully saturated rings. The Hall–Kier alpha value is -1.96. The largest absolute Gasteiger partial charge is 0.363 e. The zero-order valence-electron chi connectivity index (χ0n) is 11.0. The maximum atomic E-state index is 11.9. The van der Waals surface area contributed by atoms with Crippen molar-refractivity contribution < 1.29 is 9.32 Å². The molecule has 0 aromatic carbocycles. The van der Waals surface area contributed by atoms with E-state index in [1.807, 2.05) is 0 Å². The number of H-pyrrole nitrogens is 1. The van der Waals surface area contributed by atoms with Gasteiger partial charge in [-0.3, -0.25) is 9.59 Å². The summed E-state index contributed by atoms with van der Waals surface area (Å²) in [6.45, 7) is 3.77. The number of aromatic amines is 1. The molecular weight excluding hydrogens is 328 g/mol. The van der Waals surface area contributed by atoms with E-state index in [2.05, 4.69) is 36.4 Å². The predicted molar refractivity (Wildman–Crippen MR) is 74.6 cm³/mol. The first-order valence-corrected chi connectivity index (χ1v) is 6.73. The number of aromatic nitrogens is 3. The summed E-state index contributed by atoms with van der Waals surface area (Å²) >= 11 is 3.15. The molecule has 0 bridgehead atoms. The normalized spacial score (nSPS) is 10.6. The quantitative estimate of drug-likeness (QED) is 0.868. The van der Waals surface area contributed by atoms with Gasteiger partial charge in [-0.15, -0.1) is 0 Å². The SMILES string of the molecule is Cc1noc(CCNC(=O)c2c[nH]c(C)c(Br)c2=O)n1. The van der Waals surface area contributed by atoms with E-state index in [0.29, 0.717) is 34.8 Å². The summed E-state index contributed by atoms with van der Waals surface area (Å²) in [5.74, 6) is 0.551. The first kappa shape index (κ1) is 14.4. The molecule has 0 aliphatic heterocycles. The van der Waals surface area contributed by atoms with Crippen molar-refractivity contribution in [3.05, 3.63) is 43.9 Å². The van der Waals surface area contributed by atoms with Crippen LogP contribution in [0, 0.1) is 13.8 Å². The Morgan fingerprint density at radius 2 is 2.25 bits per heavy atom. The number of nitrogens with zero attached hydrogens (tertiary/aromatic N) is 2. The molecule has 106 valence electrons. The van der Waals surface area contributed by atoms with E-state index in [0.717, 1.165) is 0 Å². The summed E-state index contributed by atoms with van der Waals surface area (Å²) in [5, 5.41) is 6.28. The molecule has 0 spiro atoms. The number of aryl methyl sites for hydroxylation is 2. The predicted octanol–water partition coefficient (Wildman–Crippen LogP) is 1.11. The van der Waals surface area contributed by atoms with E-state index < -0.39 is 5.91 Å². The molecule has 1 amide bonds. The number of hydrogen-bond donors (Lipinski definition) is 2. The van der Waals surface area contributed by atoms with E-state index in [9.17, 15) is 9.59 Å². The lowest BCUT2D eigenvalue weighted by Gasteiger charge is -2.04. The van der Waals surface area contributed by atoms with Crippen LogP contribution < -0.4 is 10.7 Å². The van der Waals surface area contributed by atoms with Gasteiger partial charge in [0.25, 0.3) is 5.91 Å². The number of halogens is 1. The number of carbonyl (C=O) groups excluding carboxylic acids is 1. The van der Waals surface area contributed by atoms with Gasteiger partial charge in [-0.25, -0.2) is 0 Å². The van der Waals surface area contributed by atoms with Crippen molar-refractivity contribution in [3.8, 4) is 0 Å². The van der Waals surface area contributed by atoms with E-state index in [1.165, 1.54) is 6.20 Å². The van der Waals surface area contributed by atoms with Crippen molar-refractivity contribution >= 4 is 21.8 Å². The molecule has 2 aromatic heterocycles. The van der Waals surface area contributed by atoms with Crippen LogP contribution in [0.15, 0.2) is 20.0 Å². The Kier molecular flexibility index (Phi) is 4.33. The molecule has 2 aromatic rings. The number of rotatable bonds is 4. The maximum absolute atomic E-state index is 11.9. The summed E-state index contributed by atoms with van der Waals surface area (Å²) in [6.07, 6.45) is 1.81. The molecular formula is C12H13BrN4O3. The van der Waals surface area contributed by atoms with Crippen molar-refractivity contribution in [2.24, 2.45) is 0 Å². The van der Waals surface area contributed by atoms with Crippen molar-refractivity contribution in [1.29, 1.82) is 0 Å². The average molecular weight is 341 g/mol. The molecule has 2 rings (SSSR count). The fourth-order valence-electron chi connectivity index (χ4n) is 1.59. The minimum atomic E-state index is -0.441. The molecule has 8 heteroatoms. The van der Waals surface area contributed by atoms with Gasteiger partial charge in [0.15, 0.2) is 5.82 Å². The molecule has 2 heterocycles. The van der Waals surface area contributed by atoms with Crippen LogP contribution in [0.1, 0.15) is 27.8 Å². The van der Waals surface area contributed by atoms with Crippen LogP contribution in [0.4, 0.5) is 0 Å². The molecule has 0 saturated carbocycles. The number of pyridine rings is 1. The molecule has 0 atom stereocenters. The molecule has 20 heavy (non-hydrogen) atoms. The van der Waals surface area contributed by atoms with Gasteiger partial charge in [0.2, 0.25) is 11.3 Å². The van der Waals surface area contributed by atoms with Gasteiger partial charge in [0.05, 0.1) is 4.47 Å². The van der Waals surface area contributed by atoms with Crippen molar-refractivity contribution in [2.45, 2.75) is 20.3 Å². The van der Waals surface area contributed by atoms with Crippen LogP contribution in [0.3, 0.4) is 0 Å². The zero-order chi connectivity index (χ0) is 14.7. The number of hydrogen-bond acceptors (Lipinski definition) is 5. The van der Waals surface area contributed by atoms with Crippen molar-refractivity contribution in [1.82, 2.24) is 20.4 Å². The van der Waals surface area contributed by atoms with Gasteiger partial charge < -0.3 is 14.8 Å². The van der Waals surface area contributed by atoms with Crippen LogP contribution in [-0.4, -0.2) is 27.6 Å². The number of carbonyl (C=O) groups is 1. The third-order valence-electron chi connectivity index (χ3n) is 2.64. The van der Waals surface area contributed by atoms with Gasteiger partial charge in [0, 0.05) is 24.9 Å². The minimum absolute atomic E-state index is 0.0594. The van der Waals surface area contributed by atoms with E-state index in [1.54, 1.807) is 13.8 Å². The third-order valence-corrected chi connectivity index (χ3v) is 3.60. The Bertz CT molecular complexity index is 692. The van der Waals surface area contributed by atoms with Gasteiger partial charge in [-0.2, -0.15) is 4.98 Å². The van der Waals surface area contributed by atoms with Crippen molar-refractivity contribution in [2.75, 3.05) is 6.54 Å². The smallest absolute Gasteiger partial charge is 0.256 e. The lowest BCUT2D eigenvalue weighted by atomic mass is 10.2. The van der Waals surface area contributed by atoms with Crippen LogP contribution >= 0.6 is 15.9 Å². The molecule has 0 saturated heterocycles. The average Bonchev–Trinajstić information content (AvgIpc) is 2.82. The number of amides is 1. The summed E-state index contributed by atoms with van der Waals surface area (Å²) in [4.78, 5) is 30.7. The highest BCUT2D eigenvalue weighted by molar-refractivity contribution is 9.10. The van der Waals surface area contributed by atoms with E-state index >= 15 is 0 Å². The molecule has 2 N–H and O–H groups in total. The fourth-order valence-corrected chi connectivity index (χ4v) is 1.91. The van der Waals surface area contributed by atoms with Crippen LogP contribution in [0.2, 0.25) is 0 Å². The topological polar surface area (TPSA) is 101 Å². The fraction of sp³-hybridized carbons (Fsp3) is 0.333. The van der Waals surface area contributed by atoms with E-state index in [-0.39, 0.29) is 11.0 Å². The summed E-state index contributed by atoms with van der Waals surface area (Å²) < 4.78 is 5.28. The minimum Gasteiger partial charge on any atom is -0.363 e. The first-order chi connectivity index (χ1) is 9.49. The second-order valence-electron chi connectivity index (χ2n) is 4.21. The zero-order valence-corrected chi connectivity index (χ0v) is 12.6. The maximum Gasteiger partial charge on any atom is 0.256 e. The monoisotopic (exact) mass is 340 g/mol. The van der Waals surface area contributed by atoms with Crippen LogP contribution in [-0.2, 0) is 6.42 Å². The van der Waals surface area contributed by atoms with Gasteiger partial charge in [0.1, 0.15) is 5.56 Å². The Morgan fingerprint density at radius 3 is 2.90 bits per heavy atom. The second kappa shape index (κ2) is 6.00. The molecule has 0 aliphatic carbocycles. The number of nitrogens with one attached hydrogen (secondary N) is 2. The van der Waals surface area contributed by atoms with Gasteiger partial charge in [-0.1, -0.05) is 5.16 Å². The molecule has 0 unspecified atom stereocenters. The van der Waals surface area contributed by atoms with Crippen LogP contribution in [0.25, 0.3) is 0 Å². The van der Waals surface area contributed by atoms with Crippen LogP contribution in [0.5, 0.6) is 0 Å². The van der Waals surface area contributed by atoms with Crippen molar-refractivity contribution in [3.63, 3.8) is 0 Å². The summed E-state index contributed by atoms with van der Waals surface area (Å²) in [6, 6.07) is 0. The second-order valence-corrected chi connectivity index (χ2v) is 5.00. The lowest BCUT2D eigenvalue weighted by molar-refractivity contribution is 0.0952. The summed E-state index contributed by atoms with van der Waals surface area (Å²) in [5.41, 5.74) is 0.393. The molecule has 0 radical (unpaired) electrons. The summed E-state index contributed by atoms with van der Waals surface area (Å²) in [7, 11) is 0. The standard InChI is InChI=1S/C12H13BrN4O3/c1-6-10(13)11(18)8(5-15-6)12(19)14-4-3-9-16-7(2)17-20-9/h5H,3-4H2,1-2H3,(H,14,19)(H,15,18). The highest BCUT2D eigenvalue weighted by atomic mass is 79.9. The molecule has 7 nitrogen and oxygen atoms in total. The Balaban J connectivity index is 1.99.